The van der Waals surface area contributed by atoms with Crippen molar-refractivity contribution in [2.75, 3.05) is 13.2 Å². The third-order valence-corrected chi connectivity index (χ3v) is 2.06. The maximum Gasteiger partial charge on any atom is 0.130 e. The molecule has 0 aliphatic rings. The van der Waals surface area contributed by atoms with Crippen LogP contribution in [0, 0.1) is 11.6 Å². The summed E-state index contributed by atoms with van der Waals surface area (Å²) in [4.78, 5) is 0. The second kappa shape index (κ2) is 6.55. The summed E-state index contributed by atoms with van der Waals surface area (Å²) in [6.07, 6.45) is 0.198. The minimum Gasteiger partial charge on any atom is -0.377 e. The standard InChI is InChI=1S/C12H17F2NO/c1-9(2)16-6-5-15-8-10-3-4-11(13)7-12(10)14/h3-4,7,9,15H,5-6,8H2,1-2H3. The predicted molar refractivity (Wildman–Crippen MR) is 59.2 cm³/mol. The Balaban J connectivity index is 2.27. The smallest absolute Gasteiger partial charge is 0.130 e. The molecule has 1 N–H and O–H groups in total. The average Bonchev–Trinajstić information content (AvgIpc) is 2.20. The van der Waals surface area contributed by atoms with Crippen LogP contribution in [-0.4, -0.2) is 19.3 Å². The molecule has 0 atom stereocenters. The van der Waals surface area contributed by atoms with Gasteiger partial charge in [-0.15, -0.1) is 0 Å². The summed E-state index contributed by atoms with van der Waals surface area (Å²) in [6.45, 7) is 5.53. The van der Waals surface area contributed by atoms with Crippen molar-refractivity contribution in [1.82, 2.24) is 5.32 Å². The summed E-state index contributed by atoms with van der Waals surface area (Å²) in [5.41, 5.74) is 0.464. The van der Waals surface area contributed by atoms with Crippen LogP contribution in [0.5, 0.6) is 0 Å². The van der Waals surface area contributed by atoms with E-state index in [0.29, 0.717) is 25.3 Å². The van der Waals surface area contributed by atoms with Gasteiger partial charge in [-0.2, -0.15) is 0 Å². The van der Waals surface area contributed by atoms with Crippen LogP contribution in [0.4, 0.5) is 8.78 Å². The molecule has 0 saturated carbocycles. The Morgan fingerprint density at radius 3 is 2.69 bits per heavy atom. The summed E-state index contributed by atoms with van der Waals surface area (Å²) >= 11 is 0. The molecule has 0 radical (unpaired) electrons. The van der Waals surface area contributed by atoms with Crippen LogP contribution >= 0.6 is 0 Å². The lowest BCUT2D eigenvalue weighted by molar-refractivity contribution is 0.0806. The molecule has 0 unspecified atom stereocenters. The highest BCUT2D eigenvalue weighted by molar-refractivity contribution is 5.18. The van der Waals surface area contributed by atoms with Gasteiger partial charge in [0.05, 0.1) is 12.7 Å². The van der Waals surface area contributed by atoms with E-state index in [4.69, 9.17) is 4.74 Å². The molecule has 90 valence electrons. The van der Waals surface area contributed by atoms with Crippen molar-refractivity contribution < 1.29 is 13.5 Å². The first-order valence-corrected chi connectivity index (χ1v) is 5.36. The van der Waals surface area contributed by atoms with Crippen molar-refractivity contribution in [2.24, 2.45) is 0 Å². The summed E-state index contributed by atoms with van der Waals surface area (Å²) in [5, 5.41) is 3.03. The van der Waals surface area contributed by atoms with Crippen LogP contribution in [0.2, 0.25) is 0 Å². The lowest BCUT2D eigenvalue weighted by atomic mass is 10.2. The zero-order chi connectivity index (χ0) is 12.0. The minimum atomic E-state index is -0.551. The molecular formula is C12H17F2NO. The monoisotopic (exact) mass is 229 g/mol. The molecule has 0 aliphatic heterocycles. The van der Waals surface area contributed by atoms with Gasteiger partial charge in [0.1, 0.15) is 11.6 Å². The van der Waals surface area contributed by atoms with Gasteiger partial charge in [0.2, 0.25) is 0 Å². The Labute approximate surface area is 94.6 Å². The molecule has 0 aromatic heterocycles. The fourth-order valence-electron chi connectivity index (χ4n) is 1.25. The van der Waals surface area contributed by atoms with Gasteiger partial charge in [-0.1, -0.05) is 6.07 Å². The third kappa shape index (κ3) is 4.68. The Morgan fingerprint density at radius 1 is 1.31 bits per heavy atom. The molecule has 1 rings (SSSR count). The van der Waals surface area contributed by atoms with Crippen molar-refractivity contribution in [2.45, 2.75) is 26.5 Å². The first-order valence-electron chi connectivity index (χ1n) is 5.36. The van der Waals surface area contributed by atoms with E-state index in [2.05, 4.69) is 5.32 Å². The van der Waals surface area contributed by atoms with Crippen molar-refractivity contribution in [3.63, 3.8) is 0 Å². The van der Waals surface area contributed by atoms with Crippen LogP contribution in [0.25, 0.3) is 0 Å². The SMILES string of the molecule is CC(C)OCCNCc1ccc(F)cc1F. The number of hydrogen-bond acceptors (Lipinski definition) is 2. The first kappa shape index (κ1) is 13.1. The molecule has 0 saturated heterocycles. The molecule has 1 aromatic rings. The van der Waals surface area contributed by atoms with Crippen molar-refractivity contribution in [3.8, 4) is 0 Å². The molecule has 2 nitrogen and oxygen atoms in total. The summed E-state index contributed by atoms with van der Waals surface area (Å²) in [6, 6.07) is 3.59. The topological polar surface area (TPSA) is 21.3 Å². The summed E-state index contributed by atoms with van der Waals surface area (Å²) in [7, 11) is 0. The zero-order valence-electron chi connectivity index (χ0n) is 9.59. The Hall–Kier alpha value is -1.00. The first-order chi connectivity index (χ1) is 7.59. The number of hydrogen-bond donors (Lipinski definition) is 1. The number of benzene rings is 1. The number of halogens is 2. The zero-order valence-corrected chi connectivity index (χ0v) is 9.59. The van der Waals surface area contributed by atoms with Crippen LogP contribution < -0.4 is 5.32 Å². The van der Waals surface area contributed by atoms with E-state index >= 15 is 0 Å². The molecule has 0 fully saturated rings. The van der Waals surface area contributed by atoms with Crippen molar-refractivity contribution in [1.29, 1.82) is 0 Å². The van der Waals surface area contributed by atoms with Gasteiger partial charge in [-0.25, -0.2) is 8.78 Å². The van der Waals surface area contributed by atoms with Crippen LogP contribution in [0.3, 0.4) is 0 Å². The van der Waals surface area contributed by atoms with Gasteiger partial charge < -0.3 is 10.1 Å². The Bertz CT molecular complexity index is 329. The van der Waals surface area contributed by atoms with E-state index < -0.39 is 11.6 Å². The van der Waals surface area contributed by atoms with Gasteiger partial charge >= 0.3 is 0 Å². The van der Waals surface area contributed by atoms with Gasteiger partial charge in [0, 0.05) is 24.7 Å². The van der Waals surface area contributed by atoms with Crippen LogP contribution in [0.15, 0.2) is 18.2 Å². The van der Waals surface area contributed by atoms with Crippen LogP contribution in [-0.2, 0) is 11.3 Å². The van der Waals surface area contributed by atoms with Gasteiger partial charge in [0.15, 0.2) is 0 Å². The Kier molecular flexibility index (Phi) is 5.35. The predicted octanol–water partition coefficient (Wildman–Crippen LogP) is 2.48. The van der Waals surface area contributed by atoms with E-state index in [1.165, 1.54) is 12.1 Å². The van der Waals surface area contributed by atoms with E-state index in [9.17, 15) is 8.78 Å². The van der Waals surface area contributed by atoms with E-state index in [1.54, 1.807) is 0 Å². The number of rotatable bonds is 6. The molecule has 0 bridgehead atoms. The normalized spacial score (nSPS) is 11.1. The highest BCUT2D eigenvalue weighted by Crippen LogP contribution is 2.08. The number of ether oxygens (including phenoxy) is 1. The molecule has 0 heterocycles. The van der Waals surface area contributed by atoms with Gasteiger partial charge in [-0.3, -0.25) is 0 Å². The third-order valence-electron chi connectivity index (χ3n) is 2.06. The fraction of sp³-hybridized carbons (Fsp3) is 0.500. The van der Waals surface area contributed by atoms with Gasteiger partial charge in [0.25, 0.3) is 0 Å². The largest absolute Gasteiger partial charge is 0.377 e. The number of nitrogens with one attached hydrogen (secondary N) is 1. The molecule has 4 heteroatoms. The van der Waals surface area contributed by atoms with E-state index in [1.807, 2.05) is 13.8 Å². The highest BCUT2D eigenvalue weighted by atomic mass is 19.1. The quantitative estimate of drug-likeness (QED) is 0.757. The molecule has 0 spiro atoms. The molecule has 1 aromatic carbocycles. The average molecular weight is 229 g/mol. The maximum atomic E-state index is 13.2. The van der Waals surface area contributed by atoms with E-state index in [0.717, 1.165) is 6.07 Å². The molecule has 0 aliphatic carbocycles. The van der Waals surface area contributed by atoms with Gasteiger partial charge in [-0.05, 0) is 19.9 Å². The van der Waals surface area contributed by atoms with Crippen molar-refractivity contribution >= 4 is 0 Å². The Morgan fingerprint density at radius 2 is 2.06 bits per heavy atom. The fourth-order valence-corrected chi connectivity index (χ4v) is 1.25. The lowest BCUT2D eigenvalue weighted by Crippen LogP contribution is -2.21. The highest BCUT2D eigenvalue weighted by Gasteiger charge is 2.02. The summed E-state index contributed by atoms with van der Waals surface area (Å²) < 4.78 is 31.1. The molecule has 0 amide bonds. The van der Waals surface area contributed by atoms with Crippen molar-refractivity contribution in [3.05, 3.63) is 35.4 Å². The second-order valence-electron chi connectivity index (χ2n) is 3.83. The lowest BCUT2D eigenvalue weighted by Gasteiger charge is -2.09. The molecule has 16 heavy (non-hydrogen) atoms. The molecular weight excluding hydrogens is 212 g/mol. The summed E-state index contributed by atoms with van der Waals surface area (Å²) in [5.74, 6) is -1.07. The second-order valence-corrected chi connectivity index (χ2v) is 3.83. The van der Waals surface area contributed by atoms with Crippen LogP contribution in [0.1, 0.15) is 19.4 Å². The van der Waals surface area contributed by atoms with E-state index in [-0.39, 0.29) is 6.10 Å². The minimum absolute atomic E-state index is 0.198. The maximum absolute atomic E-state index is 13.2.